The van der Waals surface area contributed by atoms with Gasteiger partial charge in [-0.05, 0) is 24.7 Å². The van der Waals surface area contributed by atoms with Gasteiger partial charge in [-0.2, -0.15) is 5.10 Å². The van der Waals surface area contributed by atoms with E-state index in [0.29, 0.717) is 35.4 Å². The zero-order valence-corrected chi connectivity index (χ0v) is 20.3. The molecule has 0 fully saturated rings. The van der Waals surface area contributed by atoms with Crippen molar-refractivity contribution in [2.24, 2.45) is 0 Å². The second-order valence-corrected chi connectivity index (χ2v) is 8.97. The van der Waals surface area contributed by atoms with Gasteiger partial charge in [-0.1, -0.05) is 47.5 Å². The minimum absolute atomic E-state index is 0.0229. The van der Waals surface area contributed by atoms with E-state index in [1.807, 2.05) is 11.8 Å². The van der Waals surface area contributed by atoms with Crippen LogP contribution in [0, 0.1) is 11.6 Å². The molecule has 0 bridgehead atoms. The number of rotatable bonds is 10. The molecule has 35 heavy (non-hydrogen) atoms. The van der Waals surface area contributed by atoms with Crippen molar-refractivity contribution >= 4 is 23.2 Å². The number of nitrogens with zero attached hydrogens (tertiary/aromatic N) is 7. The first-order valence-corrected chi connectivity index (χ1v) is 11.6. The van der Waals surface area contributed by atoms with Gasteiger partial charge in [0, 0.05) is 40.3 Å². The van der Waals surface area contributed by atoms with E-state index in [4.69, 9.17) is 23.2 Å². The highest BCUT2D eigenvalue weighted by atomic mass is 35.5. The zero-order valence-electron chi connectivity index (χ0n) is 18.8. The first kappa shape index (κ1) is 25.2. The van der Waals surface area contributed by atoms with Gasteiger partial charge in [-0.3, -0.25) is 4.90 Å². The summed E-state index contributed by atoms with van der Waals surface area (Å²) >= 11 is 12.5. The van der Waals surface area contributed by atoms with E-state index in [0.717, 1.165) is 17.7 Å². The third-order valence-electron chi connectivity index (χ3n) is 5.61. The molecule has 0 saturated carbocycles. The van der Waals surface area contributed by atoms with Crippen molar-refractivity contribution in [2.75, 3.05) is 13.1 Å². The fourth-order valence-electron chi connectivity index (χ4n) is 3.88. The van der Waals surface area contributed by atoms with Crippen molar-refractivity contribution in [3.05, 3.63) is 93.8 Å². The highest BCUT2D eigenvalue weighted by Crippen LogP contribution is 2.29. The van der Waals surface area contributed by atoms with Crippen LogP contribution in [0.1, 0.15) is 23.7 Å². The SMILES string of the molecule is CCN(Cc1cn(Cc2c(Cl)cccc2Cl)nn1)CC(O)(Cn1cncn1)c1ccc(F)cc1F. The standard InChI is InChI=1S/C23H23Cl2F2N7O/c1-2-32(9-17-10-33(31-30-17)11-18-20(24)4-3-5-21(18)25)12-23(35,13-34-15-28-14-29-34)19-7-6-16(26)8-22(19)27/h3-8,10,14-15,35H,2,9,11-13H2,1H3. The topological polar surface area (TPSA) is 84.9 Å². The Morgan fingerprint density at radius 3 is 2.54 bits per heavy atom. The summed E-state index contributed by atoms with van der Waals surface area (Å²) in [5.41, 5.74) is -0.390. The predicted molar refractivity (Wildman–Crippen MR) is 127 cm³/mol. The molecule has 0 amide bonds. The van der Waals surface area contributed by atoms with Gasteiger partial charge in [0.15, 0.2) is 0 Å². The van der Waals surface area contributed by atoms with E-state index in [1.54, 1.807) is 29.1 Å². The molecule has 2 aromatic carbocycles. The lowest BCUT2D eigenvalue weighted by Gasteiger charge is -2.34. The van der Waals surface area contributed by atoms with Crippen molar-refractivity contribution in [2.45, 2.75) is 32.2 Å². The third kappa shape index (κ3) is 6.02. The fraction of sp³-hybridized carbons (Fsp3) is 0.304. The summed E-state index contributed by atoms with van der Waals surface area (Å²) in [6.45, 7) is 3.04. The van der Waals surface area contributed by atoms with E-state index in [-0.39, 0.29) is 18.7 Å². The maximum Gasteiger partial charge on any atom is 0.137 e. The molecule has 4 aromatic rings. The molecule has 2 heterocycles. The molecule has 0 aliphatic heterocycles. The minimum Gasteiger partial charge on any atom is -0.382 e. The first-order valence-electron chi connectivity index (χ1n) is 10.8. The van der Waals surface area contributed by atoms with Crippen LogP contribution in [0.4, 0.5) is 8.78 Å². The Morgan fingerprint density at radius 2 is 1.89 bits per heavy atom. The molecule has 0 spiro atoms. The number of halogens is 4. The summed E-state index contributed by atoms with van der Waals surface area (Å²) in [5, 5.41) is 25.1. The molecule has 0 saturated heterocycles. The predicted octanol–water partition coefficient (Wildman–Crippen LogP) is 3.91. The molecule has 12 heteroatoms. The quantitative estimate of drug-likeness (QED) is 0.340. The number of benzene rings is 2. The van der Waals surface area contributed by atoms with Gasteiger partial charge in [0.05, 0.1) is 25.0 Å². The summed E-state index contributed by atoms with van der Waals surface area (Å²) in [7, 11) is 0. The van der Waals surface area contributed by atoms with Gasteiger partial charge in [0.1, 0.15) is 29.9 Å². The molecular formula is C23H23Cl2F2N7O. The summed E-state index contributed by atoms with van der Waals surface area (Å²) < 4.78 is 31.3. The highest BCUT2D eigenvalue weighted by Gasteiger charge is 2.35. The van der Waals surface area contributed by atoms with Crippen molar-refractivity contribution in [3.8, 4) is 0 Å². The Labute approximate surface area is 210 Å². The van der Waals surface area contributed by atoms with Crippen LogP contribution in [-0.4, -0.2) is 52.9 Å². The molecule has 2 aromatic heterocycles. The molecule has 4 rings (SSSR count). The molecule has 184 valence electrons. The van der Waals surface area contributed by atoms with E-state index in [9.17, 15) is 13.9 Å². The number of aromatic nitrogens is 6. The summed E-state index contributed by atoms with van der Waals surface area (Å²) in [6.07, 6.45) is 4.51. The number of aliphatic hydroxyl groups is 1. The van der Waals surface area contributed by atoms with E-state index >= 15 is 0 Å². The maximum absolute atomic E-state index is 14.7. The fourth-order valence-corrected chi connectivity index (χ4v) is 4.40. The zero-order chi connectivity index (χ0) is 25.0. The van der Waals surface area contributed by atoms with Crippen molar-refractivity contribution in [3.63, 3.8) is 0 Å². The second-order valence-electron chi connectivity index (χ2n) is 8.16. The smallest absolute Gasteiger partial charge is 0.137 e. The Morgan fingerprint density at radius 1 is 1.11 bits per heavy atom. The van der Waals surface area contributed by atoms with Crippen molar-refractivity contribution in [1.82, 2.24) is 34.7 Å². The average Bonchev–Trinajstić information content (AvgIpc) is 3.47. The number of hydrogen-bond acceptors (Lipinski definition) is 6. The molecule has 8 nitrogen and oxygen atoms in total. The number of likely N-dealkylation sites (N-methyl/N-ethyl adjacent to an activating group) is 1. The summed E-state index contributed by atoms with van der Waals surface area (Å²) in [4.78, 5) is 5.77. The lowest BCUT2D eigenvalue weighted by molar-refractivity contribution is -0.0227. The summed E-state index contributed by atoms with van der Waals surface area (Å²) in [6, 6.07) is 8.40. The van der Waals surface area contributed by atoms with Crippen LogP contribution in [-0.2, 0) is 25.2 Å². The number of hydrogen-bond donors (Lipinski definition) is 1. The van der Waals surface area contributed by atoms with Crippen LogP contribution in [0.25, 0.3) is 0 Å². The van der Waals surface area contributed by atoms with Gasteiger partial charge in [-0.15, -0.1) is 5.10 Å². The van der Waals surface area contributed by atoms with Gasteiger partial charge in [0.2, 0.25) is 0 Å². The van der Waals surface area contributed by atoms with Crippen LogP contribution in [0.15, 0.2) is 55.2 Å². The van der Waals surface area contributed by atoms with Crippen LogP contribution < -0.4 is 0 Å². The maximum atomic E-state index is 14.7. The minimum atomic E-state index is -1.72. The van der Waals surface area contributed by atoms with Crippen LogP contribution in [0.3, 0.4) is 0 Å². The molecule has 1 atom stereocenters. The van der Waals surface area contributed by atoms with Crippen molar-refractivity contribution < 1.29 is 13.9 Å². The van der Waals surface area contributed by atoms with Crippen LogP contribution in [0.5, 0.6) is 0 Å². The highest BCUT2D eigenvalue weighted by molar-refractivity contribution is 6.35. The Bertz CT molecular complexity index is 1260. The molecule has 0 radical (unpaired) electrons. The average molecular weight is 522 g/mol. The monoisotopic (exact) mass is 521 g/mol. The molecule has 1 N–H and O–H groups in total. The normalized spacial score (nSPS) is 13.3. The van der Waals surface area contributed by atoms with Gasteiger partial charge < -0.3 is 5.11 Å². The van der Waals surface area contributed by atoms with Gasteiger partial charge in [-0.25, -0.2) is 23.1 Å². The molecule has 0 aliphatic rings. The molecule has 0 aliphatic carbocycles. The lowest BCUT2D eigenvalue weighted by atomic mass is 9.92. The second kappa shape index (κ2) is 10.8. The Balaban J connectivity index is 1.54. The first-order chi connectivity index (χ1) is 16.8. The molecule has 1 unspecified atom stereocenters. The Kier molecular flexibility index (Phi) is 7.75. The lowest BCUT2D eigenvalue weighted by Crippen LogP contribution is -2.44. The van der Waals surface area contributed by atoms with E-state index in [1.165, 1.54) is 23.4 Å². The Hall–Kier alpha value is -2.92. The van der Waals surface area contributed by atoms with Gasteiger partial charge >= 0.3 is 0 Å². The van der Waals surface area contributed by atoms with E-state index < -0.39 is 17.2 Å². The van der Waals surface area contributed by atoms with Crippen LogP contribution in [0.2, 0.25) is 10.0 Å². The summed E-state index contributed by atoms with van der Waals surface area (Å²) in [5.74, 6) is -1.57. The van der Waals surface area contributed by atoms with Gasteiger partial charge in [0.25, 0.3) is 0 Å². The van der Waals surface area contributed by atoms with Crippen molar-refractivity contribution in [1.29, 1.82) is 0 Å². The van der Waals surface area contributed by atoms with Crippen LogP contribution >= 0.6 is 23.2 Å². The van der Waals surface area contributed by atoms with E-state index in [2.05, 4.69) is 20.4 Å². The largest absolute Gasteiger partial charge is 0.382 e. The third-order valence-corrected chi connectivity index (χ3v) is 6.32. The molecular weight excluding hydrogens is 499 g/mol.